The monoisotopic (exact) mass is 253 g/mol. The first-order chi connectivity index (χ1) is 8.60. The molecule has 3 aliphatic rings. The van der Waals surface area contributed by atoms with Crippen LogP contribution < -0.4 is 5.32 Å². The number of fused-ring (bicyclic) bond motifs is 1. The molecule has 104 valence electrons. The average molecular weight is 253 g/mol. The molecule has 18 heavy (non-hydrogen) atoms. The summed E-state index contributed by atoms with van der Waals surface area (Å²) in [4.78, 5) is 0. The summed E-state index contributed by atoms with van der Waals surface area (Å²) in [6, 6.07) is 1.26. The average Bonchev–Trinajstić information content (AvgIpc) is 2.38. The fourth-order valence-electron chi connectivity index (χ4n) is 4.22. The van der Waals surface area contributed by atoms with Crippen LogP contribution in [0.3, 0.4) is 0 Å². The van der Waals surface area contributed by atoms with Crippen LogP contribution in [0.15, 0.2) is 0 Å². The minimum absolute atomic E-state index is 0.295. The topological polar surface area (TPSA) is 30.5 Å². The predicted molar refractivity (Wildman–Crippen MR) is 71.6 cm³/mol. The second-order valence-electron chi connectivity index (χ2n) is 7.01. The molecule has 2 aliphatic heterocycles. The molecule has 3 fully saturated rings. The van der Waals surface area contributed by atoms with Crippen molar-refractivity contribution in [3.05, 3.63) is 0 Å². The highest BCUT2D eigenvalue weighted by Gasteiger charge is 2.58. The van der Waals surface area contributed by atoms with Gasteiger partial charge in [-0.25, -0.2) is 0 Å². The van der Waals surface area contributed by atoms with Crippen LogP contribution in [0.25, 0.3) is 0 Å². The first-order valence-electron chi connectivity index (χ1n) is 7.56. The predicted octanol–water partition coefficient (Wildman–Crippen LogP) is 2.20. The van der Waals surface area contributed by atoms with E-state index in [0.29, 0.717) is 29.5 Å². The SMILES string of the molecule is CC1COCCC1NC1C2CCCOC2C1(C)C. The van der Waals surface area contributed by atoms with Crippen LogP contribution >= 0.6 is 0 Å². The second kappa shape index (κ2) is 4.77. The van der Waals surface area contributed by atoms with E-state index in [-0.39, 0.29) is 0 Å². The molecule has 1 aliphatic carbocycles. The van der Waals surface area contributed by atoms with Crippen molar-refractivity contribution in [3.8, 4) is 0 Å². The van der Waals surface area contributed by atoms with Gasteiger partial charge < -0.3 is 14.8 Å². The normalized spacial score (nSPS) is 47.2. The lowest BCUT2D eigenvalue weighted by molar-refractivity contribution is -0.196. The summed E-state index contributed by atoms with van der Waals surface area (Å²) in [5.41, 5.74) is 0.295. The first kappa shape index (κ1) is 12.9. The van der Waals surface area contributed by atoms with E-state index in [1.54, 1.807) is 0 Å². The highest BCUT2D eigenvalue weighted by molar-refractivity contribution is 5.11. The van der Waals surface area contributed by atoms with E-state index >= 15 is 0 Å². The lowest BCUT2D eigenvalue weighted by Gasteiger charge is -2.61. The van der Waals surface area contributed by atoms with Crippen molar-refractivity contribution in [3.63, 3.8) is 0 Å². The third-order valence-electron chi connectivity index (χ3n) is 5.37. The van der Waals surface area contributed by atoms with Crippen molar-refractivity contribution in [1.82, 2.24) is 5.32 Å². The van der Waals surface area contributed by atoms with E-state index in [9.17, 15) is 0 Å². The molecule has 0 bridgehead atoms. The Balaban J connectivity index is 1.64. The van der Waals surface area contributed by atoms with E-state index in [1.165, 1.54) is 12.8 Å². The van der Waals surface area contributed by atoms with Crippen molar-refractivity contribution >= 4 is 0 Å². The maximum Gasteiger partial charge on any atom is 0.0684 e. The maximum atomic E-state index is 5.97. The van der Waals surface area contributed by atoms with Gasteiger partial charge in [-0.05, 0) is 25.2 Å². The van der Waals surface area contributed by atoms with E-state index in [4.69, 9.17) is 9.47 Å². The minimum atomic E-state index is 0.295. The number of nitrogens with one attached hydrogen (secondary N) is 1. The lowest BCUT2D eigenvalue weighted by atomic mass is 9.55. The fourth-order valence-corrected chi connectivity index (χ4v) is 4.22. The molecule has 2 heterocycles. The molecule has 2 saturated heterocycles. The molecule has 3 heteroatoms. The zero-order chi connectivity index (χ0) is 12.8. The van der Waals surface area contributed by atoms with Crippen molar-refractivity contribution in [2.75, 3.05) is 19.8 Å². The molecule has 0 aromatic rings. The van der Waals surface area contributed by atoms with Gasteiger partial charge in [-0.3, -0.25) is 0 Å². The molecule has 0 aromatic heterocycles. The van der Waals surface area contributed by atoms with E-state index < -0.39 is 0 Å². The summed E-state index contributed by atoms with van der Waals surface area (Å²) in [6.45, 7) is 9.82. The number of ether oxygens (including phenoxy) is 2. The summed E-state index contributed by atoms with van der Waals surface area (Å²) in [6.07, 6.45) is 4.22. The Morgan fingerprint density at radius 2 is 2.00 bits per heavy atom. The minimum Gasteiger partial charge on any atom is -0.381 e. The molecular weight excluding hydrogens is 226 g/mol. The largest absolute Gasteiger partial charge is 0.381 e. The van der Waals surface area contributed by atoms with Gasteiger partial charge in [-0.2, -0.15) is 0 Å². The van der Waals surface area contributed by atoms with E-state index in [0.717, 1.165) is 32.2 Å². The van der Waals surface area contributed by atoms with Crippen LogP contribution in [0, 0.1) is 17.3 Å². The van der Waals surface area contributed by atoms with Crippen LogP contribution in [0.4, 0.5) is 0 Å². The Hall–Kier alpha value is -0.120. The third kappa shape index (κ3) is 2.00. The van der Waals surface area contributed by atoms with Gasteiger partial charge in [-0.15, -0.1) is 0 Å². The van der Waals surface area contributed by atoms with Crippen LogP contribution in [0.1, 0.15) is 40.0 Å². The summed E-state index contributed by atoms with van der Waals surface area (Å²) < 4.78 is 11.5. The summed E-state index contributed by atoms with van der Waals surface area (Å²) in [5, 5.41) is 3.93. The van der Waals surface area contributed by atoms with Crippen LogP contribution in [0.2, 0.25) is 0 Å². The van der Waals surface area contributed by atoms with E-state index in [1.807, 2.05) is 0 Å². The summed E-state index contributed by atoms with van der Waals surface area (Å²) in [5.74, 6) is 1.38. The van der Waals surface area contributed by atoms with Gasteiger partial charge >= 0.3 is 0 Å². The maximum absolute atomic E-state index is 5.97. The third-order valence-corrected chi connectivity index (χ3v) is 5.37. The molecule has 0 aromatic carbocycles. The zero-order valence-corrected chi connectivity index (χ0v) is 11.9. The number of hydrogen-bond acceptors (Lipinski definition) is 3. The van der Waals surface area contributed by atoms with Crippen LogP contribution in [0.5, 0.6) is 0 Å². The van der Waals surface area contributed by atoms with E-state index in [2.05, 4.69) is 26.1 Å². The van der Waals surface area contributed by atoms with Gasteiger partial charge in [0.2, 0.25) is 0 Å². The molecule has 1 N–H and O–H groups in total. The Bertz CT molecular complexity index is 305. The highest BCUT2D eigenvalue weighted by atomic mass is 16.5. The molecule has 1 saturated carbocycles. The van der Waals surface area contributed by atoms with Gasteiger partial charge in [0.1, 0.15) is 0 Å². The molecule has 0 radical (unpaired) electrons. The molecule has 0 spiro atoms. The van der Waals surface area contributed by atoms with Crippen molar-refractivity contribution < 1.29 is 9.47 Å². The Kier molecular flexibility index (Phi) is 3.41. The van der Waals surface area contributed by atoms with Gasteiger partial charge in [-0.1, -0.05) is 20.8 Å². The summed E-state index contributed by atoms with van der Waals surface area (Å²) in [7, 11) is 0. The molecule has 3 nitrogen and oxygen atoms in total. The molecular formula is C15H27NO2. The highest BCUT2D eigenvalue weighted by Crippen LogP contribution is 2.51. The van der Waals surface area contributed by atoms with Gasteiger partial charge in [0.05, 0.1) is 12.7 Å². The van der Waals surface area contributed by atoms with Crippen LogP contribution in [-0.2, 0) is 9.47 Å². The van der Waals surface area contributed by atoms with Crippen molar-refractivity contribution in [2.24, 2.45) is 17.3 Å². The summed E-state index contributed by atoms with van der Waals surface area (Å²) >= 11 is 0. The van der Waals surface area contributed by atoms with Crippen LogP contribution in [-0.4, -0.2) is 38.0 Å². The van der Waals surface area contributed by atoms with Gasteiger partial charge in [0.25, 0.3) is 0 Å². The van der Waals surface area contributed by atoms with Crippen molar-refractivity contribution in [1.29, 1.82) is 0 Å². The van der Waals surface area contributed by atoms with Gasteiger partial charge in [0.15, 0.2) is 0 Å². The molecule has 0 amide bonds. The van der Waals surface area contributed by atoms with Crippen molar-refractivity contribution in [2.45, 2.75) is 58.2 Å². The zero-order valence-electron chi connectivity index (χ0n) is 11.9. The molecule has 5 unspecified atom stereocenters. The Labute approximate surface area is 111 Å². The molecule has 3 rings (SSSR count). The molecule has 5 atom stereocenters. The fraction of sp³-hybridized carbons (Fsp3) is 1.00. The standard InChI is InChI=1S/C15H27NO2/c1-10-9-17-8-6-12(10)16-13-11-5-4-7-18-14(11)15(13,2)3/h10-14,16H,4-9H2,1-3H3. The Morgan fingerprint density at radius 3 is 2.78 bits per heavy atom. The van der Waals surface area contributed by atoms with Gasteiger partial charge in [0, 0.05) is 36.6 Å². The number of rotatable bonds is 2. The number of hydrogen-bond donors (Lipinski definition) is 1. The quantitative estimate of drug-likeness (QED) is 0.818. The first-order valence-corrected chi connectivity index (χ1v) is 7.56. The Morgan fingerprint density at radius 1 is 1.17 bits per heavy atom. The smallest absolute Gasteiger partial charge is 0.0684 e. The second-order valence-corrected chi connectivity index (χ2v) is 7.01. The lowest BCUT2D eigenvalue weighted by Crippen LogP contribution is -2.71.